The second kappa shape index (κ2) is 8.96. The molecule has 3 heterocycles. The fourth-order valence-electron chi connectivity index (χ4n) is 3.17. The second-order valence-corrected chi connectivity index (χ2v) is 7.31. The van der Waals surface area contributed by atoms with E-state index in [2.05, 4.69) is 25.7 Å². The van der Waals surface area contributed by atoms with Gasteiger partial charge in [0.05, 0.1) is 20.5 Å². The van der Waals surface area contributed by atoms with Gasteiger partial charge in [-0.05, 0) is 43.7 Å². The van der Waals surface area contributed by atoms with Gasteiger partial charge in [0.1, 0.15) is 5.56 Å². The highest BCUT2D eigenvalue weighted by Crippen LogP contribution is 2.28. The van der Waals surface area contributed by atoms with Gasteiger partial charge in [-0.3, -0.25) is 4.79 Å². The number of ether oxygens (including phenoxy) is 2. The van der Waals surface area contributed by atoms with E-state index >= 15 is 0 Å². The summed E-state index contributed by atoms with van der Waals surface area (Å²) in [4.78, 5) is 21.6. The number of fused-ring (bicyclic) bond motifs is 1. The molecule has 0 radical (unpaired) electrons. The van der Waals surface area contributed by atoms with E-state index in [0.717, 1.165) is 5.56 Å². The fourth-order valence-corrected chi connectivity index (χ4v) is 3.17. The normalized spacial score (nSPS) is 11.0. The molecule has 0 spiro atoms. The highest BCUT2D eigenvalue weighted by Gasteiger charge is 2.20. The number of hydrogen-bond acceptors (Lipinski definition) is 8. The number of rotatable bonds is 8. The third kappa shape index (κ3) is 4.20. The van der Waals surface area contributed by atoms with Gasteiger partial charge < -0.3 is 24.5 Å². The van der Waals surface area contributed by atoms with Crippen molar-refractivity contribution in [3.05, 3.63) is 53.9 Å². The lowest BCUT2D eigenvalue weighted by Gasteiger charge is -2.12. The van der Waals surface area contributed by atoms with E-state index in [1.54, 1.807) is 32.6 Å². The molecule has 10 nitrogen and oxygen atoms in total. The molecule has 10 heteroatoms. The van der Waals surface area contributed by atoms with E-state index in [-0.39, 0.29) is 11.9 Å². The van der Waals surface area contributed by atoms with Crippen LogP contribution in [0.4, 0.5) is 5.95 Å². The zero-order valence-corrected chi connectivity index (χ0v) is 18.2. The minimum Gasteiger partial charge on any atom is -0.493 e. The molecule has 0 bridgehead atoms. The molecule has 0 unspecified atom stereocenters. The summed E-state index contributed by atoms with van der Waals surface area (Å²) in [6.45, 7) is 4.22. The van der Waals surface area contributed by atoms with Crippen LogP contribution in [0.2, 0.25) is 0 Å². The second-order valence-electron chi connectivity index (χ2n) is 7.31. The van der Waals surface area contributed by atoms with E-state index in [0.29, 0.717) is 46.8 Å². The van der Waals surface area contributed by atoms with Crippen molar-refractivity contribution < 1.29 is 18.7 Å². The van der Waals surface area contributed by atoms with Crippen molar-refractivity contribution in [1.82, 2.24) is 24.9 Å². The van der Waals surface area contributed by atoms with Crippen LogP contribution < -0.4 is 20.1 Å². The smallest absolute Gasteiger partial charge is 0.256 e. The minimum absolute atomic E-state index is 0.0298. The van der Waals surface area contributed by atoms with Crippen molar-refractivity contribution in [3.63, 3.8) is 0 Å². The summed E-state index contributed by atoms with van der Waals surface area (Å²) in [5, 5.41) is 10.6. The Kier molecular flexibility index (Phi) is 5.93. The Labute approximate surface area is 184 Å². The Hall–Kier alpha value is -4.08. The minimum atomic E-state index is -0.276. The van der Waals surface area contributed by atoms with Crippen molar-refractivity contribution in [3.8, 4) is 23.1 Å². The number of benzene rings is 1. The van der Waals surface area contributed by atoms with Gasteiger partial charge in [-0.15, -0.1) is 5.10 Å². The van der Waals surface area contributed by atoms with Crippen molar-refractivity contribution in [1.29, 1.82) is 0 Å². The fraction of sp³-hybridized carbons (Fsp3) is 0.273. The quantitative estimate of drug-likeness (QED) is 0.433. The van der Waals surface area contributed by atoms with Crippen LogP contribution in [0.25, 0.3) is 17.2 Å². The molecule has 0 aliphatic heterocycles. The zero-order valence-electron chi connectivity index (χ0n) is 18.2. The average molecular weight is 436 g/mol. The molecular weight excluding hydrogens is 412 g/mol. The van der Waals surface area contributed by atoms with Gasteiger partial charge in [-0.1, -0.05) is 6.07 Å². The largest absolute Gasteiger partial charge is 0.493 e. The number of nitrogens with zero attached hydrogens (tertiary/aromatic N) is 4. The summed E-state index contributed by atoms with van der Waals surface area (Å²) in [6, 6.07) is 9.12. The van der Waals surface area contributed by atoms with Crippen LogP contribution in [-0.4, -0.2) is 45.8 Å². The molecule has 0 aliphatic rings. The highest BCUT2D eigenvalue weighted by atomic mass is 16.5. The molecule has 3 aromatic heterocycles. The first-order chi connectivity index (χ1) is 15.5. The Morgan fingerprint density at radius 3 is 2.69 bits per heavy atom. The Morgan fingerprint density at radius 2 is 2.00 bits per heavy atom. The van der Waals surface area contributed by atoms with Crippen LogP contribution in [0.15, 0.2) is 47.2 Å². The summed E-state index contributed by atoms with van der Waals surface area (Å²) < 4.78 is 17.6. The molecular formula is C22H24N6O4. The highest BCUT2D eigenvalue weighted by molar-refractivity contribution is 6.00. The van der Waals surface area contributed by atoms with Gasteiger partial charge in [-0.25, -0.2) is 9.97 Å². The number of nitrogens with one attached hydrogen (secondary N) is 2. The molecule has 32 heavy (non-hydrogen) atoms. The van der Waals surface area contributed by atoms with Gasteiger partial charge in [0.2, 0.25) is 11.8 Å². The van der Waals surface area contributed by atoms with Crippen LogP contribution in [0.1, 0.15) is 29.8 Å². The number of anilines is 1. The van der Waals surface area contributed by atoms with Gasteiger partial charge in [-0.2, -0.15) is 4.52 Å². The lowest BCUT2D eigenvalue weighted by molar-refractivity contribution is 0.0944. The maximum Gasteiger partial charge on any atom is 0.256 e. The lowest BCUT2D eigenvalue weighted by Crippen LogP contribution is -2.30. The maximum atomic E-state index is 12.7. The summed E-state index contributed by atoms with van der Waals surface area (Å²) >= 11 is 0. The Balaban J connectivity index is 1.69. The topological polar surface area (TPSA) is 116 Å². The van der Waals surface area contributed by atoms with E-state index < -0.39 is 0 Å². The molecule has 0 saturated heterocycles. The van der Waals surface area contributed by atoms with Gasteiger partial charge in [0, 0.05) is 18.8 Å². The molecule has 1 amide bonds. The van der Waals surface area contributed by atoms with Crippen LogP contribution in [0.5, 0.6) is 11.5 Å². The number of carbonyl (C=O) groups excluding carboxylic acids is 1. The number of methoxy groups -OCH3 is 2. The van der Waals surface area contributed by atoms with Crippen LogP contribution in [-0.2, 0) is 6.54 Å². The summed E-state index contributed by atoms with van der Waals surface area (Å²) in [7, 11) is 3.18. The van der Waals surface area contributed by atoms with Crippen LogP contribution >= 0.6 is 0 Å². The molecule has 4 rings (SSSR count). The number of hydrogen-bond donors (Lipinski definition) is 2. The van der Waals surface area contributed by atoms with Gasteiger partial charge >= 0.3 is 0 Å². The molecule has 4 aromatic rings. The van der Waals surface area contributed by atoms with Crippen molar-refractivity contribution in [2.24, 2.45) is 0 Å². The maximum absolute atomic E-state index is 12.7. The number of amides is 1. The summed E-state index contributed by atoms with van der Waals surface area (Å²) in [6.07, 6.45) is 3.03. The zero-order chi connectivity index (χ0) is 22.7. The van der Waals surface area contributed by atoms with Crippen LogP contribution in [0.3, 0.4) is 0 Å². The van der Waals surface area contributed by atoms with Crippen LogP contribution in [0, 0.1) is 0 Å². The van der Waals surface area contributed by atoms with Crippen molar-refractivity contribution >= 4 is 17.5 Å². The summed E-state index contributed by atoms with van der Waals surface area (Å²) in [5.41, 5.74) is 1.64. The number of carbonyl (C=O) groups is 1. The van der Waals surface area contributed by atoms with Gasteiger partial charge in [0.15, 0.2) is 22.9 Å². The molecule has 1 aromatic carbocycles. The SMILES string of the molecule is COc1ccc(CNc2ncc(C(=O)NC(C)C)c3nc(-c4ccco4)nn23)cc1OC. The third-order valence-electron chi connectivity index (χ3n) is 4.67. The van der Waals surface area contributed by atoms with E-state index in [9.17, 15) is 4.79 Å². The first kappa shape index (κ1) is 21.2. The standard InChI is InChI=1S/C22H24N6O4/c1-13(2)25-21(29)15-12-24-22(23-11-14-7-8-16(30-3)18(10-14)31-4)28-20(15)26-19(27-28)17-6-5-9-32-17/h5-10,12-13H,11H2,1-4H3,(H,23,24)(H,25,29). The molecule has 0 saturated carbocycles. The third-order valence-corrected chi connectivity index (χ3v) is 4.67. The first-order valence-corrected chi connectivity index (χ1v) is 10.1. The predicted molar refractivity (Wildman–Crippen MR) is 118 cm³/mol. The monoisotopic (exact) mass is 436 g/mol. The predicted octanol–water partition coefficient (Wildman–Crippen LogP) is 3.15. The lowest BCUT2D eigenvalue weighted by atomic mass is 10.2. The average Bonchev–Trinajstić information content (AvgIpc) is 3.46. The number of aromatic nitrogens is 4. The van der Waals surface area contributed by atoms with E-state index in [1.165, 1.54) is 10.7 Å². The molecule has 2 N–H and O–H groups in total. The van der Waals surface area contributed by atoms with Gasteiger partial charge in [0.25, 0.3) is 5.91 Å². The molecule has 0 fully saturated rings. The Morgan fingerprint density at radius 1 is 1.19 bits per heavy atom. The number of furan rings is 1. The van der Waals surface area contributed by atoms with E-state index in [4.69, 9.17) is 13.9 Å². The summed E-state index contributed by atoms with van der Waals surface area (Å²) in [5.74, 6) is 2.29. The first-order valence-electron chi connectivity index (χ1n) is 10.1. The van der Waals surface area contributed by atoms with E-state index in [1.807, 2.05) is 32.0 Å². The molecule has 0 aliphatic carbocycles. The molecule has 0 atom stereocenters. The Bertz CT molecular complexity index is 1230. The van der Waals surface area contributed by atoms with Crippen molar-refractivity contribution in [2.45, 2.75) is 26.4 Å². The molecule has 166 valence electrons. The van der Waals surface area contributed by atoms with Crippen molar-refractivity contribution in [2.75, 3.05) is 19.5 Å².